The SMILES string of the molecule is Clc1ccc(C2OC(c3ccccc3)OC2c2cccnc2)c(Cl)c1. The van der Waals surface area contributed by atoms with Gasteiger partial charge in [-0.15, -0.1) is 0 Å². The molecule has 0 amide bonds. The maximum Gasteiger partial charge on any atom is 0.185 e. The first-order valence-electron chi connectivity index (χ1n) is 7.93. The van der Waals surface area contributed by atoms with Crippen LogP contribution in [-0.4, -0.2) is 4.98 Å². The van der Waals surface area contributed by atoms with Crippen LogP contribution in [-0.2, 0) is 9.47 Å². The fraction of sp³-hybridized carbons (Fsp3) is 0.150. The topological polar surface area (TPSA) is 31.4 Å². The molecule has 0 saturated carbocycles. The molecular weight excluding hydrogens is 357 g/mol. The van der Waals surface area contributed by atoms with Crippen LogP contribution < -0.4 is 0 Å². The zero-order valence-corrected chi connectivity index (χ0v) is 14.7. The molecule has 1 saturated heterocycles. The highest BCUT2D eigenvalue weighted by Gasteiger charge is 2.40. The van der Waals surface area contributed by atoms with Crippen LogP contribution in [0, 0.1) is 0 Å². The Hall–Kier alpha value is -1.91. The van der Waals surface area contributed by atoms with E-state index in [9.17, 15) is 0 Å². The van der Waals surface area contributed by atoms with Crippen LogP contribution in [0.25, 0.3) is 0 Å². The van der Waals surface area contributed by atoms with Crippen molar-refractivity contribution < 1.29 is 9.47 Å². The summed E-state index contributed by atoms with van der Waals surface area (Å²) in [7, 11) is 0. The van der Waals surface area contributed by atoms with Gasteiger partial charge in [0.15, 0.2) is 6.29 Å². The lowest BCUT2D eigenvalue weighted by atomic mass is 9.99. The Morgan fingerprint density at radius 1 is 0.800 bits per heavy atom. The lowest BCUT2D eigenvalue weighted by Crippen LogP contribution is -2.08. The molecule has 4 rings (SSSR count). The van der Waals surface area contributed by atoms with E-state index in [4.69, 9.17) is 32.7 Å². The van der Waals surface area contributed by atoms with E-state index in [1.165, 1.54) is 0 Å². The first kappa shape index (κ1) is 16.6. The van der Waals surface area contributed by atoms with Crippen molar-refractivity contribution in [1.82, 2.24) is 4.98 Å². The van der Waals surface area contributed by atoms with Gasteiger partial charge in [-0.05, 0) is 18.2 Å². The number of halogens is 2. The van der Waals surface area contributed by atoms with Crippen LogP contribution in [0.1, 0.15) is 35.2 Å². The molecule has 3 unspecified atom stereocenters. The minimum Gasteiger partial charge on any atom is -0.337 e. The summed E-state index contributed by atoms with van der Waals surface area (Å²) in [5, 5.41) is 1.15. The van der Waals surface area contributed by atoms with Crippen molar-refractivity contribution >= 4 is 23.2 Å². The molecular formula is C20H15Cl2NO2. The number of aromatic nitrogens is 1. The third kappa shape index (κ3) is 3.42. The second-order valence-corrected chi connectivity index (χ2v) is 6.65. The molecule has 5 heteroatoms. The molecule has 0 spiro atoms. The molecule has 1 aliphatic heterocycles. The van der Waals surface area contributed by atoms with E-state index in [-0.39, 0.29) is 12.2 Å². The van der Waals surface area contributed by atoms with Crippen molar-refractivity contribution in [2.75, 3.05) is 0 Å². The first-order chi connectivity index (χ1) is 12.2. The van der Waals surface area contributed by atoms with Crippen LogP contribution >= 0.6 is 23.2 Å². The lowest BCUT2D eigenvalue weighted by Gasteiger charge is -2.18. The van der Waals surface area contributed by atoms with Gasteiger partial charge < -0.3 is 9.47 Å². The Morgan fingerprint density at radius 2 is 1.56 bits per heavy atom. The van der Waals surface area contributed by atoms with Crippen LogP contribution in [0.5, 0.6) is 0 Å². The van der Waals surface area contributed by atoms with Gasteiger partial charge in [0.25, 0.3) is 0 Å². The summed E-state index contributed by atoms with van der Waals surface area (Å²) in [5.41, 5.74) is 2.75. The average molecular weight is 372 g/mol. The molecule has 0 bridgehead atoms. The summed E-state index contributed by atoms with van der Waals surface area (Å²) in [6, 6.07) is 19.1. The van der Waals surface area contributed by atoms with Crippen LogP contribution in [0.3, 0.4) is 0 Å². The van der Waals surface area contributed by atoms with E-state index < -0.39 is 6.29 Å². The number of ether oxygens (including phenoxy) is 2. The van der Waals surface area contributed by atoms with E-state index in [1.807, 2.05) is 54.6 Å². The molecule has 1 aliphatic rings. The largest absolute Gasteiger partial charge is 0.337 e. The highest BCUT2D eigenvalue weighted by molar-refractivity contribution is 6.35. The molecule has 2 heterocycles. The Morgan fingerprint density at radius 3 is 2.28 bits per heavy atom. The maximum atomic E-state index is 6.42. The zero-order valence-electron chi connectivity index (χ0n) is 13.2. The Bertz CT molecular complexity index is 858. The second-order valence-electron chi connectivity index (χ2n) is 5.81. The summed E-state index contributed by atoms with van der Waals surface area (Å²) in [5.74, 6) is 0. The van der Waals surface area contributed by atoms with E-state index in [0.29, 0.717) is 10.0 Å². The first-order valence-corrected chi connectivity index (χ1v) is 8.69. The van der Waals surface area contributed by atoms with Crippen LogP contribution in [0.2, 0.25) is 10.0 Å². The molecule has 126 valence electrons. The zero-order chi connectivity index (χ0) is 17.2. The van der Waals surface area contributed by atoms with Gasteiger partial charge in [-0.1, -0.05) is 65.7 Å². The number of hydrogen-bond donors (Lipinski definition) is 0. The number of pyridine rings is 1. The third-order valence-electron chi connectivity index (χ3n) is 4.17. The predicted molar refractivity (Wildman–Crippen MR) is 97.5 cm³/mol. The van der Waals surface area contributed by atoms with E-state index in [0.717, 1.165) is 16.7 Å². The molecule has 3 nitrogen and oxygen atoms in total. The normalized spacial score (nSPS) is 22.9. The average Bonchev–Trinajstić information content (AvgIpc) is 3.08. The molecule has 0 aliphatic carbocycles. The third-order valence-corrected chi connectivity index (χ3v) is 4.73. The van der Waals surface area contributed by atoms with Crippen LogP contribution in [0.4, 0.5) is 0 Å². The van der Waals surface area contributed by atoms with Crippen molar-refractivity contribution in [2.24, 2.45) is 0 Å². The van der Waals surface area contributed by atoms with Gasteiger partial charge in [0, 0.05) is 39.1 Å². The molecule has 3 aromatic rings. The minimum absolute atomic E-state index is 0.308. The molecule has 25 heavy (non-hydrogen) atoms. The predicted octanol–water partition coefficient (Wildman–Crippen LogP) is 5.92. The van der Waals surface area contributed by atoms with Crippen molar-refractivity contribution in [1.29, 1.82) is 0 Å². The maximum absolute atomic E-state index is 6.42. The number of hydrogen-bond acceptors (Lipinski definition) is 3. The van der Waals surface area contributed by atoms with Gasteiger partial charge in [-0.3, -0.25) is 4.98 Å². The van der Waals surface area contributed by atoms with Crippen molar-refractivity contribution in [2.45, 2.75) is 18.5 Å². The van der Waals surface area contributed by atoms with E-state index in [2.05, 4.69) is 4.98 Å². The standard InChI is InChI=1S/C20H15Cl2NO2/c21-15-8-9-16(17(22)11-15)19-18(14-7-4-10-23-12-14)24-20(25-19)13-5-2-1-3-6-13/h1-12,18-20H. The van der Waals surface area contributed by atoms with Crippen molar-refractivity contribution in [3.8, 4) is 0 Å². The Labute approximate surface area is 156 Å². The number of rotatable bonds is 3. The van der Waals surface area contributed by atoms with Gasteiger partial charge in [0.2, 0.25) is 0 Å². The van der Waals surface area contributed by atoms with Gasteiger partial charge in [-0.25, -0.2) is 0 Å². The van der Waals surface area contributed by atoms with Crippen LogP contribution in [0.15, 0.2) is 73.1 Å². The number of benzene rings is 2. The highest BCUT2D eigenvalue weighted by Crippen LogP contribution is 2.49. The summed E-state index contributed by atoms with van der Waals surface area (Å²) in [6.07, 6.45) is 2.40. The highest BCUT2D eigenvalue weighted by atomic mass is 35.5. The van der Waals surface area contributed by atoms with Crippen molar-refractivity contribution in [3.05, 3.63) is 99.8 Å². The van der Waals surface area contributed by atoms with E-state index in [1.54, 1.807) is 18.5 Å². The second kappa shape index (κ2) is 7.14. The summed E-state index contributed by atoms with van der Waals surface area (Å²) in [4.78, 5) is 4.20. The Kier molecular flexibility index (Phi) is 4.73. The minimum atomic E-state index is -0.469. The molecule has 1 fully saturated rings. The molecule has 2 aromatic carbocycles. The fourth-order valence-corrected chi connectivity index (χ4v) is 3.49. The summed E-state index contributed by atoms with van der Waals surface area (Å²) < 4.78 is 12.5. The lowest BCUT2D eigenvalue weighted by molar-refractivity contribution is -0.0698. The van der Waals surface area contributed by atoms with Crippen molar-refractivity contribution in [3.63, 3.8) is 0 Å². The van der Waals surface area contributed by atoms with Gasteiger partial charge in [-0.2, -0.15) is 0 Å². The van der Waals surface area contributed by atoms with Gasteiger partial charge >= 0.3 is 0 Å². The Balaban J connectivity index is 1.73. The number of nitrogens with zero attached hydrogens (tertiary/aromatic N) is 1. The van der Waals surface area contributed by atoms with Gasteiger partial charge in [0.1, 0.15) is 12.2 Å². The smallest absolute Gasteiger partial charge is 0.185 e. The van der Waals surface area contributed by atoms with Gasteiger partial charge in [0.05, 0.1) is 0 Å². The summed E-state index contributed by atoms with van der Waals surface area (Å²) >= 11 is 12.5. The molecule has 0 N–H and O–H groups in total. The fourth-order valence-electron chi connectivity index (χ4n) is 2.97. The molecule has 1 aromatic heterocycles. The van der Waals surface area contributed by atoms with E-state index >= 15 is 0 Å². The molecule has 0 radical (unpaired) electrons. The monoisotopic (exact) mass is 371 g/mol. The quantitative estimate of drug-likeness (QED) is 0.572. The molecule has 3 atom stereocenters. The summed E-state index contributed by atoms with van der Waals surface area (Å²) in [6.45, 7) is 0.